The van der Waals surface area contributed by atoms with Crippen LogP contribution in [0, 0.1) is 6.92 Å². The van der Waals surface area contributed by atoms with Crippen LogP contribution < -0.4 is 4.90 Å². The second kappa shape index (κ2) is 6.48. The first-order valence-corrected chi connectivity index (χ1v) is 8.30. The molecule has 8 heteroatoms. The maximum absolute atomic E-state index is 11.4. The molecule has 0 spiro atoms. The lowest BCUT2D eigenvalue weighted by Crippen LogP contribution is -2.19. The van der Waals surface area contributed by atoms with Gasteiger partial charge in [0.25, 0.3) is 0 Å². The molecule has 0 atom stereocenters. The molecular weight excluding hydrogens is 326 g/mol. The fraction of sp³-hybridized carbons (Fsp3) is 0.250. The van der Waals surface area contributed by atoms with Crippen molar-refractivity contribution in [2.45, 2.75) is 17.8 Å². The van der Waals surface area contributed by atoms with Crippen LogP contribution >= 0.6 is 11.8 Å². The SMILES string of the molecule is Cc1nc(CSc2nc3ccccc3[nH]2)nc(N(C)C)c1C(=O)O. The number of carboxylic acid groups (broad SMARTS) is 1. The minimum Gasteiger partial charge on any atom is -0.477 e. The van der Waals surface area contributed by atoms with Gasteiger partial charge in [0.1, 0.15) is 17.2 Å². The summed E-state index contributed by atoms with van der Waals surface area (Å²) in [5.41, 5.74) is 2.48. The predicted octanol–water partition coefficient (Wildman–Crippen LogP) is 2.72. The highest BCUT2D eigenvalue weighted by atomic mass is 32.2. The van der Waals surface area contributed by atoms with Gasteiger partial charge in [-0.2, -0.15) is 0 Å². The molecule has 3 aromatic rings. The molecule has 0 fully saturated rings. The summed E-state index contributed by atoms with van der Waals surface area (Å²) in [6.07, 6.45) is 0. The molecule has 0 unspecified atom stereocenters. The topological polar surface area (TPSA) is 95.0 Å². The minimum atomic E-state index is -1.02. The summed E-state index contributed by atoms with van der Waals surface area (Å²) in [7, 11) is 3.54. The number of rotatable bonds is 5. The predicted molar refractivity (Wildman–Crippen MR) is 93.7 cm³/mol. The molecule has 1 aromatic carbocycles. The normalized spacial score (nSPS) is 11.0. The Balaban J connectivity index is 1.85. The van der Waals surface area contributed by atoms with Crippen molar-refractivity contribution in [3.63, 3.8) is 0 Å². The van der Waals surface area contributed by atoms with Gasteiger partial charge in [0, 0.05) is 14.1 Å². The molecule has 0 radical (unpaired) electrons. The van der Waals surface area contributed by atoms with Crippen molar-refractivity contribution in [1.82, 2.24) is 19.9 Å². The highest BCUT2D eigenvalue weighted by Crippen LogP contribution is 2.24. The van der Waals surface area contributed by atoms with Gasteiger partial charge in [-0.1, -0.05) is 23.9 Å². The summed E-state index contributed by atoms with van der Waals surface area (Å²) >= 11 is 1.49. The molecule has 124 valence electrons. The number of thioether (sulfide) groups is 1. The zero-order valence-electron chi connectivity index (χ0n) is 13.6. The van der Waals surface area contributed by atoms with Gasteiger partial charge >= 0.3 is 5.97 Å². The number of benzene rings is 1. The Morgan fingerprint density at radius 1 is 1.25 bits per heavy atom. The van der Waals surface area contributed by atoms with Gasteiger partial charge in [-0.3, -0.25) is 0 Å². The number of carbonyl (C=O) groups is 1. The lowest BCUT2D eigenvalue weighted by atomic mass is 10.2. The molecule has 0 bridgehead atoms. The van der Waals surface area contributed by atoms with Crippen LogP contribution in [0.25, 0.3) is 11.0 Å². The lowest BCUT2D eigenvalue weighted by molar-refractivity contribution is 0.0696. The Morgan fingerprint density at radius 2 is 2.00 bits per heavy atom. The van der Waals surface area contributed by atoms with E-state index in [1.54, 1.807) is 25.9 Å². The first-order valence-electron chi connectivity index (χ1n) is 7.31. The summed E-state index contributed by atoms with van der Waals surface area (Å²) in [4.78, 5) is 29.6. The van der Waals surface area contributed by atoms with Crippen molar-refractivity contribution in [1.29, 1.82) is 0 Å². The van der Waals surface area contributed by atoms with Gasteiger partial charge < -0.3 is 15.0 Å². The van der Waals surface area contributed by atoms with Crippen LogP contribution in [0.2, 0.25) is 0 Å². The van der Waals surface area contributed by atoms with Crippen molar-refractivity contribution in [2.24, 2.45) is 0 Å². The van der Waals surface area contributed by atoms with Gasteiger partial charge in [0.05, 0.1) is 22.5 Å². The van der Waals surface area contributed by atoms with Crippen LogP contribution in [-0.2, 0) is 5.75 Å². The van der Waals surface area contributed by atoms with Crippen molar-refractivity contribution in [2.75, 3.05) is 19.0 Å². The lowest BCUT2D eigenvalue weighted by Gasteiger charge is -2.16. The average Bonchev–Trinajstić information content (AvgIpc) is 2.94. The number of anilines is 1. The zero-order valence-corrected chi connectivity index (χ0v) is 14.4. The van der Waals surface area contributed by atoms with E-state index in [-0.39, 0.29) is 5.56 Å². The summed E-state index contributed by atoms with van der Waals surface area (Å²) in [6, 6.07) is 7.81. The molecule has 0 aliphatic carbocycles. The molecule has 0 saturated carbocycles. The van der Waals surface area contributed by atoms with Crippen molar-refractivity contribution < 1.29 is 9.90 Å². The number of imidazole rings is 1. The number of carboxylic acids is 1. The summed E-state index contributed by atoms with van der Waals surface area (Å²) in [6.45, 7) is 1.69. The van der Waals surface area contributed by atoms with E-state index in [0.29, 0.717) is 23.1 Å². The smallest absolute Gasteiger partial charge is 0.341 e. The van der Waals surface area contributed by atoms with E-state index >= 15 is 0 Å². The largest absolute Gasteiger partial charge is 0.477 e. The Hall–Kier alpha value is -2.61. The fourth-order valence-corrected chi connectivity index (χ4v) is 3.12. The average molecular weight is 343 g/mol. The van der Waals surface area contributed by atoms with E-state index in [4.69, 9.17) is 0 Å². The number of hydrogen-bond acceptors (Lipinski definition) is 6. The third kappa shape index (κ3) is 3.18. The van der Waals surface area contributed by atoms with Crippen molar-refractivity contribution in [3.8, 4) is 0 Å². The number of nitrogens with zero attached hydrogens (tertiary/aromatic N) is 4. The molecule has 2 heterocycles. The second-order valence-electron chi connectivity index (χ2n) is 5.47. The summed E-state index contributed by atoms with van der Waals surface area (Å²) in [5.74, 6) is 0.469. The first-order chi connectivity index (χ1) is 11.5. The monoisotopic (exact) mass is 343 g/mol. The zero-order chi connectivity index (χ0) is 17.3. The summed E-state index contributed by atoms with van der Waals surface area (Å²) < 4.78 is 0. The molecule has 0 amide bonds. The third-order valence-corrected chi connectivity index (χ3v) is 4.33. The van der Waals surface area contributed by atoms with Gasteiger partial charge in [-0.15, -0.1) is 0 Å². The van der Waals surface area contributed by atoms with E-state index < -0.39 is 5.97 Å². The number of aromatic amines is 1. The molecular formula is C16H17N5O2S. The van der Waals surface area contributed by atoms with Crippen molar-refractivity contribution in [3.05, 3.63) is 41.3 Å². The van der Waals surface area contributed by atoms with Crippen LogP contribution in [0.3, 0.4) is 0 Å². The van der Waals surface area contributed by atoms with E-state index in [2.05, 4.69) is 19.9 Å². The van der Waals surface area contributed by atoms with Crippen LogP contribution in [-0.4, -0.2) is 45.1 Å². The van der Waals surface area contributed by atoms with E-state index in [1.807, 2.05) is 24.3 Å². The second-order valence-corrected chi connectivity index (χ2v) is 6.44. The van der Waals surface area contributed by atoms with E-state index in [0.717, 1.165) is 16.2 Å². The van der Waals surface area contributed by atoms with Crippen LogP contribution in [0.15, 0.2) is 29.4 Å². The van der Waals surface area contributed by atoms with Crippen LogP contribution in [0.1, 0.15) is 21.9 Å². The maximum atomic E-state index is 11.4. The Kier molecular flexibility index (Phi) is 4.39. The van der Waals surface area contributed by atoms with Gasteiger partial charge in [-0.05, 0) is 19.1 Å². The minimum absolute atomic E-state index is 0.137. The molecule has 2 N–H and O–H groups in total. The third-order valence-electron chi connectivity index (χ3n) is 3.46. The molecule has 7 nitrogen and oxygen atoms in total. The fourth-order valence-electron chi connectivity index (χ4n) is 2.38. The number of hydrogen-bond donors (Lipinski definition) is 2. The standard InChI is InChI=1S/C16H17N5O2S/c1-9-13(15(22)23)14(21(2)3)20-12(17-9)8-24-16-18-10-6-4-5-7-11(10)19-16/h4-7H,8H2,1-3H3,(H,18,19)(H,22,23). The van der Waals surface area contributed by atoms with Gasteiger partial charge in [0.2, 0.25) is 0 Å². The maximum Gasteiger partial charge on any atom is 0.341 e. The summed E-state index contributed by atoms with van der Waals surface area (Å²) in [5, 5.41) is 10.1. The van der Waals surface area contributed by atoms with E-state index in [9.17, 15) is 9.90 Å². The number of para-hydroxylation sites is 2. The van der Waals surface area contributed by atoms with Crippen molar-refractivity contribution >= 4 is 34.6 Å². The number of nitrogens with one attached hydrogen (secondary N) is 1. The molecule has 3 rings (SSSR count). The highest BCUT2D eigenvalue weighted by Gasteiger charge is 2.19. The van der Waals surface area contributed by atoms with Crippen LogP contribution in [0.4, 0.5) is 5.82 Å². The first kappa shape index (κ1) is 16.3. The molecule has 0 aliphatic heterocycles. The number of aromatic carboxylic acids is 1. The molecule has 24 heavy (non-hydrogen) atoms. The van der Waals surface area contributed by atoms with Crippen LogP contribution in [0.5, 0.6) is 0 Å². The number of H-pyrrole nitrogens is 1. The molecule has 0 aliphatic rings. The molecule has 0 saturated heterocycles. The molecule has 2 aromatic heterocycles. The Morgan fingerprint density at radius 3 is 2.67 bits per heavy atom. The Labute approximate surface area is 143 Å². The van der Waals surface area contributed by atoms with Gasteiger partial charge in [0.15, 0.2) is 5.16 Å². The Bertz CT molecular complexity index is 874. The number of aromatic nitrogens is 4. The highest BCUT2D eigenvalue weighted by molar-refractivity contribution is 7.98. The van der Waals surface area contributed by atoms with Gasteiger partial charge in [-0.25, -0.2) is 19.7 Å². The quantitative estimate of drug-likeness (QED) is 0.688. The number of fused-ring (bicyclic) bond motifs is 1. The van der Waals surface area contributed by atoms with E-state index in [1.165, 1.54) is 11.8 Å². The number of aryl methyl sites for hydroxylation is 1.